The van der Waals surface area contributed by atoms with E-state index in [1.807, 2.05) is 0 Å². The first-order valence-electron chi connectivity index (χ1n) is 9.87. The molecule has 0 unspecified atom stereocenters. The van der Waals surface area contributed by atoms with Crippen molar-refractivity contribution in [1.82, 2.24) is 4.90 Å². The van der Waals surface area contributed by atoms with Crippen LogP contribution in [0.15, 0.2) is 47.4 Å². The number of morpholine rings is 1. The molecule has 0 atom stereocenters. The zero-order valence-corrected chi connectivity index (χ0v) is 19.9. The number of rotatable bonds is 8. The van der Waals surface area contributed by atoms with Crippen molar-refractivity contribution < 1.29 is 22.7 Å². The molecule has 172 valence electrons. The molecule has 1 aliphatic rings. The highest BCUT2D eigenvalue weighted by atomic mass is 35.5. The summed E-state index contributed by atoms with van der Waals surface area (Å²) in [5, 5.41) is 2.97. The fourth-order valence-corrected chi connectivity index (χ4v) is 5.35. The van der Waals surface area contributed by atoms with Crippen LogP contribution in [0.1, 0.15) is 5.56 Å². The molecule has 3 rings (SSSR count). The lowest BCUT2D eigenvalue weighted by molar-refractivity contribution is -0.132. The molecule has 1 fully saturated rings. The predicted octanol–water partition coefficient (Wildman–Crippen LogP) is 2.98. The van der Waals surface area contributed by atoms with Crippen molar-refractivity contribution in [2.75, 3.05) is 47.8 Å². The Morgan fingerprint density at radius 3 is 2.56 bits per heavy atom. The van der Waals surface area contributed by atoms with E-state index in [1.165, 1.54) is 17.8 Å². The number of amides is 2. The van der Waals surface area contributed by atoms with Crippen molar-refractivity contribution in [1.29, 1.82) is 0 Å². The van der Waals surface area contributed by atoms with Gasteiger partial charge in [-0.1, -0.05) is 29.8 Å². The van der Waals surface area contributed by atoms with E-state index in [4.69, 9.17) is 16.3 Å². The number of nitrogens with zero attached hydrogens (tertiary/aromatic N) is 1. The number of para-hydroxylation sites is 1. The first-order chi connectivity index (χ1) is 15.3. The molecule has 2 amide bonds. The Balaban J connectivity index is 1.59. The van der Waals surface area contributed by atoms with Crippen LogP contribution in [0.4, 0.5) is 11.4 Å². The number of halogens is 1. The standard InChI is InChI=1S/C21H24ClN3O5S2/c1-15-6-7-16(12-19(15)32(28,29)24-18-5-3-2-4-17(18)22)23-20(26)13-31-14-21(27)25-8-10-30-11-9-25/h2-7,12,24H,8-11,13-14H2,1H3,(H,23,26). The van der Waals surface area contributed by atoms with Crippen LogP contribution in [-0.2, 0) is 24.3 Å². The average Bonchev–Trinajstić information content (AvgIpc) is 2.77. The summed E-state index contributed by atoms with van der Waals surface area (Å²) in [5.74, 6) is -0.0800. The van der Waals surface area contributed by atoms with Gasteiger partial charge in [-0.05, 0) is 36.8 Å². The van der Waals surface area contributed by atoms with Crippen molar-refractivity contribution in [3.63, 3.8) is 0 Å². The van der Waals surface area contributed by atoms with Gasteiger partial charge in [0.25, 0.3) is 10.0 Å². The van der Waals surface area contributed by atoms with Gasteiger partial charge in [0.1, 0.15) is 0 Å². The third kappa shape index (κ3) is 6.61. The summed E-state index contributed by atoms with van der Waals surface area (Å²) in [4.78, 5) is 26.2. The molecule has 8 nitrogen and oxygen atoms in total. The average molecular weight is 498 g/mol. The van der Waals surface area contributed by atoms with Crippen LogP contribution < -0.4 is 10.0 Å². The molecule has 1 saturated heterocycles. The number of sulfonamides is 1. The van der Waals surface area contributed by atoms with Gasteiger partial charge < -0.3 is 15.0 Å². The van der Waals surface area contributed by atoms with E-state index in [1.54, 1.807) is 48.2 Å². The molecule has 0 spiro atoms. The summed E-state index contributed by atoms with van der Waals surface area (Å²) in [6.07, 6.45) is 0. The van der Waals surface area contributed by atoms with E-state index in [-0.39, 0.29) is 38.9 Å². The first-order valence-corrected chi connectivity index (χ1v) is 12.9. The van der Waals surface area contributed by atoms with Crippen LogP contribution in [0.5, 0.6) is 0 Å². The molecule has 2 aromatic rings. The minimum Gasteiger partial charge on any atom is -0.378 e. The lowest BCUT2D eigenvalue weighted by atomic mass is 10.2. The highest BCUT2D eigenvalue weighted by Crippen LogP contribution is 2.27. The van der Waals surface area contributed by atoms with Crippen molar-refractivity contribution in [2.24, 2.45) is 0 Å². The lowest BCUT2D eigenvalue weighted by Gasteiger charge is -2.26. The second-order valence-corrected chi connectivity index (χ2v) is 10.1. The normalized spacial score (nSPS) is 14.1. The quantitative estimate of drug-likeness (QED) is 0.581. The highest BCUT2D eigenvalue weighted by molar-refractivity contribution is 8.00. The van der Waals surface area contributed by atoms with Crippen LogP contribution in [-0.4, -0.2) is 62.9 Å². The molecule has 1 aliphatic heterocycles. The molecule has 11 heteroatoms. The summed E-state index contributed by atoms with van der Waals surface area (Å²) in [5.41, 5.74) is 1.14. The number of carbonyl (C=O) groups excluding carboxylic acids is 2. The van der Waals surface area contributed by atoms with Crippen LogP contribution >= 0.6 is 23.4 Å². The summed E-state index contributed by atoms with van der Waals surface area (Å²) < 4.78 is 33.4. The maximum absolute atomic E-state index is 12.9. The largest absolute Gasteiger partial charge is 0.378 e. The number of benzene rings is 2. The molecule has 1 heterocycles. The van der Waals surface area contributed by atoms with Gasteiger partial charge in [-0.2, -0.15) is 0 Å². The molecule has 0 saturated carbocycles. The van der Waals surface area contributed by atoms with E-state index in [2.05, 4.69) is 10.0 Å². The van der Waals surface area contributed by atoms with Crippen LogP contribution in [0.25, 0.3) is 0 Å². The third-order valence-electron chi connectivity index (χ3n) is 4.70. The number of ether oxygens (including phenoxy) is 1. The van der Waals surface area contributed by atoms with E-state index in [0.29, 0.717) is 37.6 Å². The summed E-state index contributed by atoms with van der Waals surface area (Å²) in [7, 11) is -3.92. The summed E-state index contributed by atoms with van der Waals surface area (Å²) >= 11 is 7.27. The van der Waals surface area contributed by atoms with Gasteiger partial charge in [-0.25, -0.2) is 8.42 Å². The highest BCUT2D eigenvalue weighted by Gasteiger charge is 2.20. The number of thioether (sulfide) groups is 1. The Labute approximate surface area is 196 Å². The van der Waals surface area contributed by atoms with Crippen molar-refractivity contribution in [2.45, 2.75) is 11.8 Å². The second kappa shape index (κ2) is 11.0. The topological polar surface area (TPSA) is 105 Å². The molecule has 2 aromatic carbocycles. The third-order valence-corrected chi connectivity index (χ3v) is 7.46. The molecule has 0 aliphatic carbocycles. The number of anilines is 2. The molecule has 0 radical (unpaired) electrons. The fourth-order valence-electron chi connectivity index (χ4n) is 3.04. The van der Waals surface area contributed by atoms with Gasteiger partial charge in [-0.3, -0.25) is 14.3 Å². The Bertz CT molecular complexity index is 1090. The molecule has 2 N–H and O–H groups in total. The number of carbonyl (C=O) groups is 2. The van der Waals surface area contributed by atoms with Crippen LogP contribution in [0, 0.1) is 6.92 Å². The first kappa shape index (κ1) is 24.4. The molecular formula is C21H24ClN3O5S2. The van der Waals surface area contributed by atoms with Crippen molar-refractivity contribution in [3.8, 4) is 0 Å². The number of hydrogen-bond acceptors (Lipinski definition) is 6. The van der Waals surface area contributed by atoms with Gasteiger partial charge in [0.05, 0.1) is 40.3 Å². The fraction of sp³-hybridized carbons (Fsp3) is 0.333. The molecular weight excluding hydrogens is 474 g/mol. The van der Waals surface area contributed by atoms with Crippen molar-refractivity contribution in [3.05, 3.63) is 53.1 Å². The Morgan fingerprint density at radius 1 is 1.12 bits per heavy atom. The minimum atomic E-state index is -3.92. The number of nitrogens with one attached hydrogen (secondary N) is 2. The molecule has 0 aromatic heterocycles. The molecule has 0 bridgehead atoms. The van der Waals surface area contributed by atoms with E-state index < -0.39 is 10.0 Å². The summed E-state index contributed by atoms with van der Waals surface area (Å²) in [6.45, 7) is 3.85. The minimum absolute atomic E-state index is 0.0273. The Morgan fingerprint density at radius 2 is 1.84 bits per heavy atom. The van der Waals surface area contributed by atoms with E-state index >= 15 is 0 Å². The predicted molar refractivity (Wildman–Crippen MR) is 127 cm³/mol. The maximum atomic E-state index is 12.9. The maximum Gasteiger partial charge on any atom is 0.262 e. The monoisotopic (exact) mass is 497 g/mol. The van der Waals surface area contributed by atoms with Crippen LogP contribution in [0.3, 0.4) is 0 Å². The Hall–Kier alpha value is -2.27. The van der Waals surface area contributed by atoms with Gasteiger partial charge in [0, 0.05) is 18.8 Å². The van der Waals surface area contributed by atoms with Gasteiger partial charge >= 0.3 is 0 Å². The van der Waals surface area contributed by atoms with Gasteiger partial charge in [0.15, 0.2) is 0 Å². The zero-order valence-electron chi connectivity index (χ0n) is 17.5. The number of aryl methyl sites for hydroxylation is 1. The molecule has 32 heavy (non-hydrogen) atoms. The Kier molecular flexibility index (Phi) is 8.41. The smallest absolute Gasteiger partial charge is 0.262 e. The zero-order chi connectivity index (χ0) is 23.1. The number of hydrogen-bond donors (Lipinski definition) is 2. The SMILES string of the molecule is Cc1ccc(NC(=O)CSCC(=O)N2CCOCC2)cc1S(=O)(=O)Nc1ccccc1Cl. The lowest BCUT2D eigenvalue weighted by Crippen LogP contribution is -2.41. The van der Waals surface area contributed by atoms with Crippen molar-refractivity contribution >= 4 is 56.6 Å². The van der Waals surface area contributed by atoms with Gasteiger partial charge in [-0.15, -0.1) is 11.8 Å². The van der Waals surface area contributed by atoms with Crippen LogP contribution in [0.2, 0.25) is 5.02 Å². The second-order valence-electron chi connectivity index (χ2n) is 7.10. The summed E-state index contributed by atoms with van der Waals surface area (Å²) in [6, 6.07) is 11.2. The van der Waals surface area contributed by atoms with E-state index in [9.17, 15) is 18.0 Å². The van der Waals surface area contributed by atoms with Gasteiger partial charge in [0.2, 0.25) is 11.8 Å². The van der Waals surface area contributed by atoms with E-state index in [0.717, 1.165) is 0 Å².